The van der Waals surface area contributed by atoms with Gasteiger partial charge >= 0.3 is 0 Å². The number of nitrogens with zero attached hydrogens (tertiary/aromatic N) is 1. The molecule has 4 nitrogen and oxygen atoms in total. The zero-order valence-electron chi connectivity index (χ0n) is 14.4. The van der Waals surface area contributed by atoms with Crippen molar-refractivity contribution < 1.29 is 9.47 Å². The second-order valence-corrected chi connectivity index (χ2v) is 6.57. The molecular weight excluding hydrogens is 332 g/mol. The number of nitrogens with one attached hydrogen (secondary N) is 1. The summed E-state index contributed by atoms with van der Waals surface area (Å²) < 4.78 is 11.4. The Labute approximate surface area is 152 Å². The lowest BCUT2D eigenvalue weighted by atomic mass is 10.1. The molecule has 0 aliphatic rings. The quantitative estimate of drug-likeness (QED) is 0.643. The van der Waals surface area contributed by atoms with Gasteiger partial charge in [0, 0.05) is 25.0 Å². The Morgan fingerprint density at radius 1 is 1.08 bits per heavy atom. The predicted octanol–water partition coefficient (Wildman–Crippen LogP) is 4.58. The van der Waals surface area contributed by atoms with Crippen LogP contribution in [0.1, 0.15) is 29.7 Å². The fourth-order valence-electron chi connectivity index (χ4n) is 2.49. The standard InChI is InChI=1S/C20H22N2O2S/c1-15(22-12-17-7-10-25-14-17)18-3-4-19(20(11-18)23-2)24-13-16-5-8-21-9-6-16/h3-11,14-15,22H,12-13H2,1-2H3. The molecule has 1 aromatic carbocycles. The van der Waals surface area contributed by atoms with Crippen molar-refractivity contribution in [3.63, 3.8) is 0 Å². The van der Waals surface area contributed by atoms with Crippen LogP contribution in [-0.4, -0.2) is 12.1 Å². The molecule has 1 atom stereocenters. The largest absolute Gasteiger partial charge is 0.493 e. The highest BCUT2D eigenvalue weighted by atomic mass is 32.1. The topological polar surface area (TPSA) is 43.4 Å². The van der Waals surface area contributed by atoms with Crippen LogP contribution in [0.15, 0.2) is 59.6 Å². The van der Waals surface area contributed by atoms with Crippen molar-refractivity contribution in [2.24, 2.45) is 0 Å². The van der Waals surface area contributed by atoms with Crippen LogP contribution in [0, 0.1) is 0 Å². The zero-order chi connectivity index (χ0) is 17.5. The van der Waals surface area contributed by atoms with Gasteiger partial charge in [0.25, 0.3) is 0 Å². The van der Waals surface area contributed by atoms with E-state index in [2.05, 4.69) is 40.1 Å². The van der Waals surface area contributed by atoms with Gasteiger partial charge in [-0.15, -0.1) is 0 Å². The first-order valence-corrected chi connectivity index (χ1v) is 9.14. The first kappa shape index (κ1) is 17.5. The molecule has 3 aromatic rings. The maximum atomic E-state index is 5.90. The van der Waals surface area contributed by atoms with Gasteiger partial charge in [-0.2, -0.15) is 11.3 Å². The van der Waals surface area contributed by atoms with Crippen LogP contribution < -0.4 is 14.8 Å². The van der Waals surface area contributed by atoms with E-state index in [4.69, 9.17) is 9.47 Å². The van der Waals surface area contributed by atoms with E-state index in [1.54, 1.807) is 30.8 Å². The summed E-state index contributed by atoms with van der Waals surface area (Å²) in [5.74, 6) is 1.49. The molecule has 5 heteroatoms. The van der Waals surface area contributed by atoms with E-state index >= 15 is 0 Å². The summed E-state index contributed by atoms with van der Waals surface area (Å²) in [7, 11) is 1.67. The number of ether oxygens (including phenoxy) is 2. The third kappa shape index (κ3) is 4.81. The summed E-state index contributed by atoms with van der Waals surface area (Å²) in [4.78, 5) is 4.01. The number of hydrogen-bond acceptors (Lipinski definition) is 5. The van der Waals surface area contributed by atoms with E-state index in [9.17, 15) is 0 Å². The number of rotatable bonds is 8. The molecule has 2 heterocycles. The second kappa shape index (κ2) is 8.65. The van der Waals surface area contributed by atoms with Crippen LogP contribution >= 0.6 is 11.3 Å². The molecule has 130 valence electrons. The summed E-state index contributed by atoms with van der Waals surface area (Å²) in [6, 6.07) is 12.3. The van der Waals surface area contributed by atoms with E-state index in [-0.39, 0.29) is 6.04 Å². The second-order valence-electron chi connectivity index (χ2n) is 5.79. The predicted molar refractivity (Wildman–Crippen MR) is 101 cm³/mol. The van der Waals surface area contributed by atoms with Crippen molar-refractivity contribution in [2.75, 3.05) is 7.11 Å². The summed E-state index contributed by atoms with van der Waals surface area (Å²) in [6.07, 6.45) is 3.53. The molecule has 0 spiro atoms. The Morgan fingerprint density at radius 2 is 1.92 bits per heavy atom. The van der Waals surface area contributed by atoms with Crippen LogP contribution in [0.3, 0.4) is 0 Å². The minimum atomic E-state index is 0.225. The van der Waals surface area contributed by atoms with Gasteiger partial charge in [0.15, 0.2) is 11.5 Å². The number of benzene rings is 1. The lowest BCUT2D eigenvalue weighted by Crippen LogP contribution is -2.17. The van der Waals surface area contributed by atoms with Crippen molar-refractivity contribution >= 4 is 11.3 Å². The van der Waals surface area contributed by atoms with Crippen molar-refractivity contribution in [1.82, 2.24) is 10.3 Å². The molecule has 25 heavy (non-hydrogen) atoms. The summed E-state index contributed by atoms with van der Waals surface area (Å²) in [5.41, 5.74) is 3.55. The van der Waals surface area contributed by atoms with E-state index < -0.39 is 0 Å². The Morgan fingerprint density at radius 3 is 2.64 bits per heavy atom. The molecule has 0 radical (unpaired) electrons. The number of aromatic nitrogens is 1. The monoisotopic (exact) mass is 354 g/mol. The SMILES string of the molecule is COc1cc(C(C)NCc2ccsc2)ccc1OCc1ccncc1. The highest BCUT2D eigenvalue weighted by molar-refractivity contribution is 7.07. The van der Waals surface area contributed by atoms with Gasteiger partial charge < -0.3 is 14.8 Å². The molecule has 0 amide bonds. The molecular formula is C20H22N2O2S. The van der Waals surface area contributed by atoms with Crippen molar-refractivity contribution in [1.29, 1.82) is 0 Å². The molecule has 1 unspecified atom stereocenters. The average Bonchev–Trinajstić information content (AvgIpc) is 3.18. The van der Waals surface area contributed by atoms with Gasteiger partial charge in [0.05, 0.1) is 7.11 Å². The number of pyridine rings is 1. The lowest BCUT2D eigenvalue weighted by molar-refractivity contribution is 0.284. The Balaban J connectivity index is 1.64. The Bertz CT molecular complexity index is 776. The molecule has 1 N–H and O–H groups in total. The van der Waals surface area contributed by atoms with E-state index in [0.717, 1.165) is 23.6 Å². The van der Waals surface area contributed by atoms with Crippen LogP contribution in [0.2, 0.25) is 0 Å². The molecule has 0 aliphatic heterocycles. The first-order chi connectivity index (χ1) is 12.3. The van der Waals surface area contributed by atoms with Crippen molar-refractivity contribution in [3.8, 4) is 11.5 Å². The summed E-state index contributed by atoms with van der Waals surface area (Å²) in [5, 5.41) is 7.79. The normalized spacial score (nSPS) is 11.9. The fourth-order valence-corrected chi connectivity index (χ4v) is 3.16. The molecule has 3 rings (SSSR count). The molecule has 0 saturated heterocycles. The van der Waals surface area contributed by atoms with Crippen LogP contribution in [0.25, 0.3) is 0 Å². The number of thiophene rings is 1. The van der Waals surface area contributed by atoms with E-state index in [0.29, 0.717) is 6.61 Å². The fraction of sp³-hybridized carbons (Fsp3) is 0.250. The Kier molecular flexibility index (Phi) is 6.04. The van der Waals surface area contributed by atoms with Crippen molar-refractivity contribution in [3.05, 3.63) is 76.2 Å². The minimum Gasteiger partial charge on any atom is -0.493 e. The zero-order valence-corrected chi connectivity index (χ0v) is 15.3. The highest BCUT2D eigenvalue weighted by Gasteiger charge is 2.11. The van der Waals surface area contributed by atoms with Crippen LogP contribution in [0.5, 0.6) is 11.5 Å². The molecule has 0 fully saturated rings. The van der Waals surface area contributed by atoms with E-state index in [1.807, 2.05) is 24.3 Å². The van der Waals surface area contributed by atoms with Crippen molar-refractivity contribution in [2.45, 2.75) is 26.1 Å². The van der Waals surface area contributed by atoms with Gasteiger partial charge in [0.2, 0.25) is 0 Å². The number of methoxy groups -OCH3 is 1. The minimum absolute atomic E-state index is 0.225. The maximum absolute atomic E-state index is 5.90. The third-order valence-corrected chi connectivity index (χ3v) is 4.76. The van der Waals surface area contributed by atoms with E-state index in [1.165, 1.54) is 11.1 Å². The number of hydrogen-bond donors (Lipinski definition) is 1. The summed E-state index contributed by atoms with van der Waals surface area (Å²) >= 11 is 1.72. The van der Waals surface area contributed by atoms with Gasteiger partial charge in [0.1, 0.15) is 6.61 Å². The maximum Gasteiger partial charge on any atom is 0.161 e. The molecule has 0 bridgehead atoms. The highest BCUT2D eigenvalue weighted by Crippen LogP contribution is 2.31. The molecule has 2 aromatic heterocycles. The van der Waals surface area contributed by atoms with Gasteiger partial charge in [-0.05, 0) is 64.7 Å². The summed E-state index contributed by atoms with van der Waals surface area (Å²) in [6.45, 7) is 3.50. The van der Waals surface area contributed by atoms with Gasteiger partial charge in [-0.25, -0.2) is 0 Å². The Hall–Kier alpha value is -2.37. The van der Waals surface area contributed by atoms with Crippen LogP contribution in [0.4, 0.5) is 0 Å². The smallest absolute Gasteiger partial charge is 0.161 e. The lowest BCUT2D eigenvalue weighted by Gasteiger charge is -2.17. The molecule has 0 saturated carbocycles. The first-order valence-electron chi connectivity index (χ1n) is 8.20. The third-order valence-electron chi connectivity index (χ3n) is 4.02. The van der Waals surface area contributed by atoms with Gasteiger partial charge in [-0.1, -0.05) is 6.07 Å². The van der Waals surface area contributed by atoms with Crippen LogP contribution in [-0.2, 0) is 13.2 Å². The van der Waals surface area contributed by atoms with Gasteiger partial charge in [-0.3, -0.25) is 4.98 Å². The average molecular weight is 354 g/mol. The molecule has 0 aliphatic carbocycles.